The summed E-state index contributed by atoms with van der Waals surface area (Å²) in [4.78, 5) is 22.5. The van der Waals surface area contributed by atoms with Gasteiger partial charge in [0, 0.05) is 31.7 Å². The van der Waals surface area contributed by atoms with Crippen molar-refractivity contribution < 1.29 is 14.3 Å². The van der Waals surface area contributed by atoms with E-state index >= 15 is 0 Å². The highest BCUT2D eigenvalue weighted by atomic mass is 32.1. The molecule has 2 aromatic carbocycles. The second kappa shape index (κ2) is 10.9. The first kappa shape index (κ1) is 22.7. The maximum atomic E-state index is 13.5. The minimum Gasteiger partial charge on any atom is -0.494 e. The average Bonchev–Trinajstić information content (AvgIpc) is 3.23. The van der Waals surface area contributed by atoms with Crippen LogP contribution in [0.25, 0.3) is 10.2 Å². The molecule has 0 atom stereocenters. The van der Waals surface area contributed by atoms with Crippen LogP contribution in [0.4, 0.5) is 5.13 Å². The number of rotatable bonds is 9. The van der Waals surface area contributed by atoms with E-state index in [1.807, 2.05) is 35.2 Å². The van der Waals surface area contributed by atoms with Crippen LogP contribution >= 0.6 is 11.3 Å². The average molecular weight is 454 g/mol. The van der Waals surface area contributed by atoms with Crippen molar-refractivity contribution in [1.29, 1.82) is 0 Å². The summed E-state index contributed by atoms with van der Waals surface area (Å²) in [6, 6.07) is 13.7. The highest BCUT2D eigenvalue weighted by molar-refractivity contribution is 7.22. The summed E-state index contributed by atoms with van der Waals surface area (Å²) in [5.74, 6) is 0.763. The van der Waals surface area contributed by atoms with Gasteiger partial charge in [-0.1, -0.05) is 30.7 Å². The first-order chi connectivity index (χ1) is 15.6. The number of fused-ring (bicyclic) bond motifs is 1. The number of thiazole rings is 1. The number of benzene rings is 2. The molecular weight excluding hydrogens is 422 g/mol. The smallest absolute Gasteiger partial charge is 0.260 e. The van der Waals surface area contributed by atoms with Gasteiger partial charge in [0.1, 0.15) is 5.75 Å². The van der Waals surface area contributed by atoms with E-state index in [0.29, 0.717) is 18.7 Å². The summed E-state index contributed by atoms with van der Waals surface area (Å²) >= 11 is 1.57. The number of amides is 1. The van der Waals surface area contributed by atoms with Crippen LogP contribution in [-0.2, 0) is 4.74 Å². The molecule has 1 aromatic heterocycles. The van der Waals surface area contributed by atoms with Gasteiger partial charge in [-0.2, -0.15) is 0 Å². The molecular formula is C25H31N3O3S. The van der Waals surface area contributed by atoms with Gasteiger partial charge in [-0.05, 0) is 55.3 Å². The minimum atomic E-state index is -0.0332. The van der Waals surface area contributed by atoms with E-state index in [1.54, 1.807) is 11.3 Å². The predicted molar refractivity (Wildman–Crippen MR) is 130 cm³/mol. The number of aryl methyl sites for hydroxylation is 1. The zero-order valence-electron chi connectivity index (χ0n) is 18.9. The van der Waals surface area contributed by atoms with Gasteiger partial charge in [0.25, 0.3) is 5.91 Å². The Morgan fingerprint density at radius 3 is 2.72 bits per heavy atom. The number of nitrogens with zero attached hydrogens (tertiary/aromatic N) is 3. The molecule has 4 rings (SSSR count). The Morgan fingerprint density at radius 2 is 1.97 bits per heavy atom. The molecule has 7 heteroatoms. The van der Waals surface area contributed by atoms with Crippen LogP contribution in [0.3, 0.4) is 0 Å². The number of carbonyl (C=O) groups is 1. The topological polar surface area (TPSA) is 54.9 Å². The lowest BCUT2D eigenvalue weighted by atomic mass is 10.2. The molecule has 0 unspecified atom stereocenters. The number of morpholine rings is 1. The third kappa shape index (κ3) is 5.65. The predicted octanol–water partition coefficient (Wildman–Crippen LogP) is 4.76. The number of ether oxygens (including phenoxy) is 2. The molecule has 1 saturated heterocycles. The minimum absolute atomic E-state index is 0.0332. The zero-order valence-corrected chi connectivity index (χ0v) is 19.7. The van der Waals surface area contributed by atoms with Crippen LogP contribution in [0.1, 0.15) is 35.7 Å². The van der Waals surface area contributed by atoms with Crippen LogP contribution in [0.15, 0.2) is 42.5 Å². The zero-order chi connectivity index (χ0) is 22.3. The molecule has 0 bridgehead atoms. The Kier molecular flexibility index (Phi) is 7.73. The molecule has 1 fully saturated rings. The molecule has 0 saturated carbocycles. The Morgan fingerprint density at radius 1 is 1.19 bits per heavy atom. The molecule has 0 spiro atoms. The molecule has 170 valence electrons. The number of hydrogen-bond acceptors (Lipinski definition) is 6. The molecule has 1 amide bonds. The van der Waals surface area contributed by atoms with Gasteiger partial charge in [0.2, 0.25) is 0 Å². The van der Waals surface area contributed by atoms with Crippen LogP contribution in [0.5, 0.6) is 5.75 Å². The highest BCUT2D eigenvalue weighted by Gasteiger charge is 2.23. The summed E-state index contributed by atoms with van der Waals surface area (Å²) in [5.41, 5.74) is 2.77. The van der Waals surface area contributed by atoms with E-state index in [-0.39, 0.29) is 5.91 Å². The monoisotopic (exact) mass is 453 g/mol. The molecule has 3 aromatic rings. The molecule has 0 radical (unpaired) electrons. The van der Waals surface area contributed by atoms with Crippen LogP contribution < -0.4 is 9.64 Å². The third-order valence-electron chi connectivity index (χ3n) is 5.62. The van der Waals surface area contributed by atoms with Crippen LogP contribution in [0, 0.1) is 6.92 Å². The van der Waals surface area contributed by atoms with Gasteiger partial charge in [-0.15, -0.1) is 0 Å². The summed E-state index contributed by atoms with van der Waals surface area (Å²) in [6.45, 7) is 9.57. The molecule has 6 nitrogen and oxygen atoms in total. The number of hydrogen-bond donors (Lipinski definition) is 0. The van der Waals surface area contributed by atoms with Gasteiger partial charge in [0.05, 0.1) is 30.0 Å². The summed E-state index contributed by atoms with van der Waals surface area (Å²) in [5, 5.41) is 0.743. The number of unbranched alkanes of at least 4 members (excludes halogenated alkanes) is 1. The van der Waals surface area contributed by atoms with Crippen molar-refractivity contribution in [3.8, 4) is 5.75 Å². The summed E-state index contributed by atoms with van der Waals surface area (Å²) < 4.78 is 12.3. The second-order valence-corrected chi connectivity index (χ2v) is 9.11. The standard InChI is InChI=1S/C25H31N3O3S/c1-3-4-15-31-21-8-6-20(7-9-21)24(29)28(12-11-27-13-16-30-17-14-27)25-26-22-10-5-19(2)18-23(22)32-25/h5-10,18H,3-4,11-17H2,1-2H3. The SMILES string of the molecule is CCCCOc1ccc(C(=O)N(CCN2CCOCC2)c2nc3ccc(C)cc3s2)cc1. The Labute approximate surface area is 193 Å². The molecule has 0 aliphatic carbocycles. The van der Waals surface area contributed by atoms with Crippen molar-refractivity contribution >= 4 is 32.6 Å². The second-order valence-electron chi connectivity index (χ2n) is 8.10. The van der Waals surface area contributed by atoms with Crippen LogP contribution in [-0.4, -0.2) is 61.8 Å². The number of aromatic nitrogens is 1. The van der Waals surface area contributed by atoms with Crippen molar-refractivity contribution in [1.82, 2.24) is 9.88 Å². The fourth-order valence-electron chi connectivity index (χ4n) is 3.67. The Bertz CT molecular complexity index is 1030. The van der Waals surface area contributed by atoms with Gasteiger partial charge in [-0.25, -0.2) is 4.98 Å². The van der Waals surface area contributed by atoms with Crippen molar-refractivity contribution in [3.05, 3.63) is 53.6 Å². The van der Waals surface area contributed by atoms with Crippen molar-refractivity contribution in [2.75, 3.05) is 50.9 Å². The lowest BCUT2D eigenvalue weighted by Gasteiger charge is -2.29. The fourth-order valence-corrected chi connectivity index (χ4v) is 4.76. The highest BCUT2D eigenvalue weighted by Crippen LogP contribution is 2.30. The van der Waals surface area contributed by atoms with Gasteiger partial charge >= 0.3 is 0 Å². The Balaban J connectivity index is 1.54. The maximum absolute atomic E-state index is 13.5. The van der Waals surface area contributed by atoms with E-state index in [2.05, 4.69) is 30.9 Å². The normalized spacial score (nSPS) is 14.6. The third-order valence-corrected chi connectivity index (χ3v) is 6.66. The van der Waals surface area contributed by atoms with E-state index in [1.165, 1.54) is 5.56 Å². The van der Waals surface area contributed by atoms with Crippen molar-refractivity contribution in [2.45, 2.75) is 26.7 Å². The molecule has 1 aliphatic rings. The van der Waals surface area contributed by atoms with E-state index in [4.69, 9.17) is 14.5 Å². The van der Waals surface area contributed by atoms with E-state index < -0.39 is 0 Å². The molecule has 32 heavy (non-hydrogen) atoms. The Hall–Kier alpha value is -2.48. The first-order valence-corrected chi connectivity index (χ1v) is 12.2. The van der Waals surface area contributed by atoms with E-state index in [0.717, 1.165) is 66.8 Å². The molecule has 2 heterocycles. The summed E-state index contributed by atoms with van der Waals surface area (Å²) in [7, 11) is 0. The number of anilines is 1. The molecule has 0 N–H and O–H groups in total. The van der Waals surface area contributed by atoms with Gasteiger partial charge < -0.3 is 9.47 Å². The quantitative estimate of drug-likeness (QED) is 0.437. The maximum Gasteiger partial charge on any atom is 0.260 e. The van der Waals surface area contributed by atoms with Gasteiger partial charge in [0.15, 0.2) is 5.13 Å². The first-order valence-electron chi connectivity index (χ1n) is 11.4. The van der Waals surface area contributed by atoms with Crippen molar-refractivity contribution in [2.24, 2.45) is 0 Å². The fraction of sp³-hybridized carbons (Fsp3) is 0.440. The largest absolute Gasteiger partial charge is 0.494 e. The van der Waals surface area contributed by atoms with E-state index in [9.17, 15) is 4.79 Å². The van der Waals surface area contributed by atoms with Crippen LogP contribution in [0.2, 0.25) is 0 Å². The lowest BCUT2D eigenvalue weighted by molar-refractivity contribution is 0.0391. The van der Waals surface area contributed by atoms with Gasteiger partial charge in [-0.3, -0.25) is 14.6 Å². The summed E-state index contributed by atoms with van der Waals surface area (Å²) in [6.07, 6.45) is 2.11. The number of carbonyl (C=O) groups excluding carboxylic acids is 1. The van der Waals surface area contributed by atoms with Crippen molar-refractivity contribution in [3.63, 3.8) is 0 Å². The molecule has 1 aliphatic heterocycles. The lowest BCUT2D eigenvalue weighted by Crippen LogP contribution is -2.43.